The minimum atomic E-state index is 0.634. The molecule has 2 heterocycles. The Morgan fingerprint density at radius 1 is 1.18 bits per heavy atom. The molecule has 0 aliphatic carbocycles. The highest BCUT2D eigenvalue weighted by atomic mass is 16.5. The molecule has 0 atom stereocenters. The number of hydrogen-bond donors (Lipinski definition) is 0. The SMILES string of the molecule is Cc1cnc(OCCCN2CCCCC2)cn1. The number of nitrogens with zero attached hydrogens (tertiary/aromatic N) is 3. The number of aromatic nitrogens is 2. The van der Waals surface area contributed by atoms with Gasteiger partial charge in [0.15, 0.2) is 0 Å². The first-order valence-electron chi connectivity index (χ1n) is 6.48. The van der Waals surface area contributed by atoms with E-state index in [1.54, 1.807) is 12.4 Å². The van der Waals surface area contributed by atoms with E-state index in [-0.39, 0.29) is 0 Å². The van der Waals surface area contributed by atoms with E-state index in [1.165, 1.54) is 32.4 Å². The zero-order chi connectivity index (χ0) is 11.9. The second-order valence-corrected chi connectivity index (χ2v) is 4.60. The normalized spacial score (nSPS) is 17.0. The molecule has 0 bridgehead atoms. The molecule has 0 saturated carbocycles. The van der Waals surface area contributed by atoms with E-state index >= 15 is 0 Å². The summed E-state index contributed by atoms with van der Waals surface area (Å²) in [7, 11) is 0. The van der Waals surface area contributed by atoms with Gasteiger partial charge < -0.3 is 9.64 Å². The molecule has 1 saturated heterocycles. The number of piperidine rings is 1. The van der Waals surface area contributed by atoms with Gasteiger partial charge in [0, 0.05) is 6.54 Å². The van der Waals surface area contributed by atoms with Crippen molar-refractivity contribution < 1.29 is 4.74 Å². The van der Waals surface area contributed by atoms with Crippen LogP contribution in [0.1, 0.15) is 31.4 Å². The molecule has 0 amide bonds. The van der Waals surface area contributed by atoms with E-state index in [4.69, 9.17) is 4.74 Å². The molecule has 1 aliphatic heterocycles. The first-order chi connectivity index (χ1) is 8.34. The van der Waals surface area contributed by atoms with Crippen LogP contribution in [0.4, 0.5) is 0 Å². The monoisotopic (exact) mass is 235 g/mol. The second-order valence-electron chi connectivity index (χ2n) is 4.60. The van der Waals surface area contributed by atoms with Crippen molar-refractivity contribution in [1.29, 1.82) is 0 Å². The second kappa shape index (κ2) is 6.55. The van der Waals surface area contributed by atoms with Crippen LogP contribution in [-0.2, 0) is 0 Å². The minimum absolute atomic E-state index is 0.634. The fraction of sp³-hybridized carbons (Fsp3) is 0.692. The van der Waals surface area contributed by atoms with Crippen molar-refractivity contribution in [3.05, 3.63) is 18.1 Å². The third kappa shape index (κ3) is 4.30. The van der Waals surface area contributed by atoms with E-state index in [0.29, 0.717) is 5.88 Å². The Hall–Kier alpha value is -1.16. The molecule has 0 aromatic carbocycles. The molecular weight excluding hydrogens is 214 g/mol. The van der Waals surface area contributed by atoms with E-state index in [9.17, 15) is 0 Å². The molecule has 0 spiro atoms. The van der Waals surface area contributed by atoms with Gasteiger partial charge in [-0.3, -0.25) is 4.98 Å². The lowest BCUT2D eigenvalue weighted by molar-refractivity contribution is 0.203. The molecule has 0 N–H and O–H groups in total. The van der Waals surface area contributed by atoms with Crippen LogP contribution >= 0.6 is 0 Å². The average molecular weight is 235 g/mol. The summed E-state index contributed by atoms with van der Waals surface area (Å²) >= 11 is 0. The number of aryl methyl sites for hydroxylation is 1. The van der Waals surface area contributed by atoms with Crippen LogP contribution < -0.4 is 4.74 Å². The zero-order valence-electron chi connectivity index (χ0n) is 10.6. The van der Waals surface area contributed by atoms with E-state index in [1.807, 2.05) is 6.92 Å². The molecule has 94 valence electrons. The van der Waals surface area contributed by atoms with Crippen molar-refractivity contribution in [3.8, 4) is 5.88 Å². The third-order valence-corrected chi connectivity index (χ3v) is 3.07. The number of rotatable bonds is 5. The Labute approximate surface area is 103 Å². The van der Waals surface area contributed by atoms with Gasteiger partial charge in [0.1, 0.15) is 0 Å². The van der Waals surface area contributed by atoms with Gasteiger partial charge in [0.25, 0.3) is 0 Å². The molecule has 1 fully saturated rings. The van der Waals surface area contributed by atoms with Crippen molar-refractivity contribution in [2.24, 2.45) is 0 Å². The van der Waals surface area contributed by atoms with Crippen molar-refractivity contribution in [1.82, 2.24) is 14.9 Å². The maximum atomic E-state index is 5.55. The van der Waals surface area contributed by atoms with Crippen molar-refractivity contribution in [2.75, 3.05) is 26.2 Å². The largest absolute Gasteiger partial charge is 0.477 e. The standard InChI is InChI=1S/C13H21N3O/c1-12-10-15-13(11-14-12)17-9-5-8-16-6-3-2-4-7-16/h10-11H,2-9H2,1H3. The maximum absolute atomic E-state index is 5.55. The molecule has 0 radical (unpaired) electrons. The molecule has 0 unspecified atom stereocenters. The summed E-state index contributed by atoms with van der Waals surface area (Å²) in [5.74, 6) is 0.634. The molecule has 17 heavy (non-hydrogen) atoms. The smallest absolute Gasteiger partial charge is 0.232 e. The van der Waals surface area contributed by atoms with Crippen LogP contribution in [0.3, 0.4) is 0 Å². The molecular formula is C13H21N3O. The van der Waals surface area contributed by atoms with E-state index in [0.717, 1.165) is 25.3 Å². The lowest BCUT2D eigenvalue weighted by atomic mass is 10.1. The first-order valence-corrected chi connectivity index (χ1v) is 6.48. The Bertz CT molecular complexity index is 320. The first kappa shape index (κ1) is 12.3. The van der Waals surface area contributed by atoms with Crippen LogP contribution in [0.25, 0.3) is 0 Å². The lowest BCUT2D eigenvalue weighted by Gasteiger charge is -2.26. The summed E-state index contributed by atoms with van der Waals surface area (Å²) in [6, 6.07) is 0. The fourth-order valence-electron chi connectivity index (χ4n) is 2.10. The minimum Gasteiger partial charge on any atom is -0.477 e. The van der Waals surface area contributed by atoms with Crippen molar-refractivity contribution in [3.63, 3.8) is 0 Å². The Balaban J connectivity index is 1.60. The third-order valence-electron chi connectivity index (χ3n) is 3.07. The molecule has 2 rings (SSSR count). The van der Waals surface area contributed by atoms with E-state index < -0.39 is 0 Å². The summed E-state index contributed by atoms with van der Waals surface area (Å²) in [5.41, 5.74) is 0.922. The molecule has 4 heteroatoms. The van der Waals surface area contributed by atoms with Crippen LogP contribution in [0, 0.1) is 6.92 Å². The predicted octanol–water partition coefficient (Wildman–Crippen LogP) is 2.04. The van der Waals surface area contributed by atoms with Gasteiger partial charge >= 0.3 is 0 Å². The molecule has 1 aromatic rings. The van der Waals surface area contributed by atoms with Gasteiger partial charge in [0.05, 0.1) is 24.7 Å². The van der Waals surface area contributed by atoms with Gasteiger partial charge in [-0.2, -0.15) is 0 Å². The van der Waals surface area contributed by atoms with Gasteiger partial charge in [-0.25, -0.2) is 4.98 Å². The summed E-state index contributed by atoms with van der Waals surface area (Å²) in [5, 5.41) is 0. The van der Waals surface area contributed by atoms with Crippen LogP contribution in [-0.4, -0.2) is 41.1 Å². The van der Waals surface area contributed by atoms with Crippen LogP contribution in [0.15, 0.2) is 12.4 Å². The van der Waals surface area contributed by atoms with Crippen LogP contribution in [0.2, 0.25) is 0 Å². The van der Waals surface area contributed by atoms with Crippen molar-refractivity contribution >= 4 is 0 Å². The number of ether oxygens (including phenoxy) is 1. The maximum Gasteiger partial charge on any atom is 0.232 e. The molecule has 1 aliphatic rings. The highest BCUT2D eigenvalue weighted by Gasteiger charge is 2.08. The summed E-state index contributed by atoms with van der Waals surface area (Å²) < 4.78 is 5.55. The quantitative estimate of drug-likeness (QED) is 0.732. The summed E-state index contributed by atoms with van der Waals surface area (Å²) in [4.78, 5) is 10.8. The summed E-state index contributed by atoms with van der Waals surface area (Å²) in [6.45, 7) is 6.30. The highest BCUT2D eigenvalue weighted by Crippen LogP contribution is 2.09. The van der Waals surface area contributed by atoms with Gasteiger partial charge in [-0.05, 0) is 39.3 Å². The van der Waals surface area contributed by atoms with Gasteiger partial charge in [0.2, 0.25) is 5.88 Å². The Morgan fingerprint density at radius 3 is 2.71 bits per heavy atom. The van der Waals surface area contributed by atoms with Crippen molar-refractivity contribution in [2.45, 2.75) is 32.6 Å². The average Bonchev–Trinajstić information content (AvgIpc) is 2.38. The number of likely N-dealkylation sites (tertiary alicyclic amines) is 1. The zero-order valence-corrected chi connectivity index (χ0v) is 10.6. The number of hydrogen-bond acceptors (Lipinski definition) is 4. The molecule has 1 aromatic heterocycles. The highest BCUT2D eigenvalue weighted by molar-refractivity contribution is 5.05. The topological polar surface area (TPSA) is 38.2 Å². The Kier molecular flexibility index (Phi) is 4.74. The molecule has 4 nitrogen and oxygen atoms in total. The summed E-state index contributed by atoms with van der Waals surface area (Å²) in [6.07, 6.45) is 8.59. The van der Waals surface area contributed by atoms with Crippen LogP contribution in [0.5, 0.6) is 5.88 Å². The predicted molar refractivity (Wildman–Crippen MR) is 67.2 cm³/mol. The lowest BCUT2D eigenvalue weighted by Crippen LogP contribution is -2.31. The van der Waals surface area contributed by atoms with Gasteiger partial charge in [-0.1, -0.05) is 6.42 Å². The fourth-order valence-corrected chi connectivity index (χ4v) is 2.10. The Morgan fingerprint density at radius 2 is 2.00 bits per heavy atom. The van der Waals surface area contributed by atoms with Gasteiger partial charge in [-0.15, -0.1) is 0 Å². The van der Waals surface area contributed by atoms with E-state index in [2.05, 4.69) is 14.9 Å².